The van der Waals surface area contributed by atoms with E-state index in [9.17, 15) is 9.59 Å². The van der Waals surface area contributed by atoms with Crippen LogP contribution in [0.4, 0.5) is 0 Å². The van der Waals surface area contributed by atoms with Crippen LogP contribution in [0.25, 0.3) is 0 Å². The fraction of sp³-hybridized carbons (Fsp3) is 0.333. The Hall–Kier alpha value is -1.66. The van der Waals surface area contributed by atoms with Gasteiger partial charge in [0.25, 0.3) is 11.5 Å². The first-order valence-electron chi connectivity index (χ1n) is 4.39. The molecule has 0 bridgehead atoms. The van der Waals surface area contributed by atoms with Gasteiger partial charge in [0, 0.05) is 6.20 Å². The summed E-state index contributed by atoms with van der Waals surface area (Å²) in [4.78, 5) is 25.0. The summed E-state index contributed by atoms with van der Waals surface area (Å²) < 4.78 is 0. The molecule has 1 heterocycles. The normalized spacial score (nSPS) is 10.3. The number of rotatable bonds is 4. The Balaban J connectivity index is 2.78. The number of aliphatic hydroxyl groups excluding tert-OH is 2. The second-order valence-corrected chi connectivity index (χ2v) is 2.95. The highest BCUT2D eigenvalue weighted by Crippen LogP contribution is 1.91. The largest absolute Gasteiger partial charge is 0.394 e. The van der Waals surface area contributed by atoms with E-state index in [1.54, 1.807) is 0 Å². The van der Waals surface area contributed by atoms with Crippen molar-refractivity contribution in [1.82, 2.24) is 10.3 Å². The van der Waals surface area contributed by atoms with Crippen LogP contribution in [0.3, 0.4) is 0 Å². The third-order valence-electron chi connectivity index (χ3n) is 1.84. The average Bonchev–Trinajstić information content (AvgIpc) is 2.26. The van der Waals surface area contributed by atoms with Crippen molar-refractivity contribution >= 4 is 5.91 Å². The second-order valence-electron chi connectivity index (χ2n) is 2.95. The van der Waals surface area contributed by atoms with Gasteiger partial charge in [0.05, 0.1) is 19.3 Å². The Morgan fingerprint density at radius 2 is 2.13 bits per heavy atom. The molecule has 0 spiro atoms. The minimum absolute atomic E-state index is 0.0515. The van der Waals surface area contributed by atoms with Crippen molar-refractivity contribution in [3.63, 3.8) is 0 Å². The van der Waals surface area contributed by atoms with Gasteiger partial charge in [-0.25, -0.2) is 0 Å². The summed E-state index contributed by atoms with van der Waals surface area (Å²) in [6, 6.07) is 2.13. The minimum atomic E-state index is -0.753. The van der Waals surface area contributed by atoms with Crippen LogP contribution >= 0.6 is 0 Å². The van der Waals surface area contributed by atoms with Crippen LogP contribution in [0.1, 0.15) is 10.4 Å². The van der Waals surface area contributed by atoms with Gasteiger partial charge in [-0.05, 0) is 12.1 Å². The predicted octanol–water partition coefficient (Wildman–Crippen LogP) is -1.54. The van der Waals surface area contributed by atoms with E-state index in [2.05, 4.69) is 10.3 Å². The van der Waals surface area contributed by atoms with E-state index < -0.39 is 17.5 Å². The molecule has 6 heteroatoms. The van der Waals surface area contributed by atoms with Gasteiger partial charge >= 0.3 is 0 Å². The van der Waals surface area contributed by atoms with E-state index in [4.69, 9.17) is 10.2 Å². The molecular weight excluding hydrogens is 200 g/mol. The van der Waals surface area contributed by atoms with Crippen molar-refractivity contribution in [2.75, 3.05) is 13.2 Å². The van der Waals surface area contributed by atoms with Crippen molar-refractivity contribution in [1.29, 1.82) is 0 Å². The number of pyridine rings is 1. The molecule has 1 rings (SSSR count). The lowest BCUT2D eigenvalue weighted by Gasteiger charge is -2.12. The van der Waals surface area contributed by atoms with Crippen LogP contribution in [-0.4, -0.2) is 40.4 Å². The highest BCUT2D eigenvalue weighted by molar-refractivity contribution is 5.93. The van der Waals surface area contributed by atoms with Gasteiger partial charge < -0.3 is 20.5 Å². The van der Waals surface area contributed by atoms with Crippen LogP contribution in [0.15, 0.2) is 23.1 Å². The van der Waals surface area contributed by atoms with Gasteiger partial charge in [0.15, 0.2) is 0 Å². The third-order valence-corrected chi connectivity index (χ3v) is 1.84. The summed E-state index contributed by atoms with van der Waals surface area (Å²) in [6.45, 7) is -0.764. The molecule has 1 aromatic heterocycles. The summed E-state index contributed by atoms with van der Waals surface area (Å²) in [5.41, 5.74) is -0.561. The number of amides is 1. The van der Waals surface area contributed by atoms with Crippen molar-refractivity contribution in [2.24, 2.45) is 0 Å². The fourth-order valence-electron chi connectivity index (χ4n) is 1.01. The molecule has 0 saturated heterocycles. The molecule has 0 aliphatic heterocycles. The summed E-state index contributed by atoms with van der Waals surface area (Å²) >= 11 is 0. The van der Waals surface area contributed by atoms with E-state index >= 15 is 0 Å². The molecule has 0 aliphatic carbocycles. The van der Waals surface area contributed by atoms with E-state index in [0.29, 0.717) is 0 Å². The summed E-state index contributed by atoms with van der Waals surface area (Å²) in [5.74, 6) is -0.620. The lowest BCUT2D eigenvalue weighted by Crippen LogP contribution is -2.41. The van der Waals surface area contributed by atoms with Crippen molar-refractivity contribution in [3.05, 3.63) is 34.2 Å². The molecule has 0 saturated carbocycles. The molecule has 1 aromatic rings. The molecule has 0 atom stereocenters. The average molecular weight is 212 g/mol. The van der Waals surface area contributed by atoms with Crippen LogP contribution in [0, 0.1) is 0 Å². The van der Waals surface area contributed by atoms with E-state index in [-0.39, 0.29) is 18.8 Å². The molecule has 0 aromatic carbocycles. The highest BCUT2D eigenvalue weighted by atomic mass is 16.3. The molecule has 6 nitrogen and oxygen atoms in total. The number of aromatic nitrogens is 1. The standard InChI is InChI=1S/C9H12N2O4/c12-4-6(5-13)11-9(15)7-2-1-3-10-8(7)14/h1-3,6,12-13H,4-5H2,(H,10,14)(H,11,15). The Morgan fingerprint density at radius 3 is 2.67 bits per heavy atom. The van der Waals surface area contributed by atoms with Crippen LogP contribution in [0.5, 0.6) is 0 Å². The zero-order valence-corrected chi connectivity index (χ0v) is 7.93. The van der Waals surface area contributed by atoms with Gasteiger partial charge in [0.1, 0.15) is 5.56 Å². The molecule has 0 aliphatic rings. The zero-order valence-electron chi connectivity index (χ0n) is 7.93. The molecule has 0 fully saturated rings. The molecule has 0 unspecified atom stereocenters. The van der Waals surface area contributed by atoms with Gasteiger partial charge in [0.2, 0.25) is 0 Å². The van der Waals surface area contributed by atoms with E-state index in [1.807, 2.05) is 0 Å². The number of carbonyl (C=O) groups excluding carboxylic acids is 1. The highest BCUT2D eigenvalue weighted by Gasteiger charge is 2.13. The molecule has 82 valence electrons. The first-order valence-corrected chi connectivity index (χ1v) is 4.39. The van der Waals surface area contributed by atoms with Crippen molar-refractivity contribution in [2.45, 2.75) is 6.04 Å². The number of H-pyrrole nitrogens is 1. The molecular formula is C9H12N2O4. The Morgan fingerprint density at radius 1 is 1.47 bits per heavy atom. The molecule has 0 radical (unpaired) electrons. The lowest BCUT2D eigenvalue weighted by molar-refractivity contribution is 0.0878. The van der Waals surface area contributed by atoms with Crippen LogP contribution in [-0.2, 0) is 0 Å². The maximum atomic E-state index is 11.4. The number of hydrogen-bond donors (Lipinski definition) is 4. The Bertz CT molecular complexity index is 384. The first-order chi connectivity index (χ1) is 7.19. The number of carbonyl (C=O) groups is 1. The number of hydrogen-bond acceptors (Lipinski definition) is 4. The SMILES string of the molecule is O=C(NC(CO)CO)c1ccc[nH]c1=O. The zero-order chi connectivity index (χ0) is 11.3. The smallest absolute Gasteiger partial charge is 0.260 e. The van der Waals surface area contributed by atoms with E-state index in [1.165, 1.54) is 18.3 Å². The van der Waals surface area contributed by atoms with Gasteiger partial charge in [-0.15, -0.1) is 0 Å². The predicted molar refractivity (Wildman–Crippen MR) is 52.5 cm³/mol. The van der Waals surface area contributed by atoms with Crippen LogP contribution in [0.2, 0.25) is 0 Å². The molecule has 4 N–H and O–H groups in total. The topological polar surface area (TPSA) is 102 Å². The maximum Gasteiger partial charge on any atom is 0.260 e. The molecule has 1 amide bonds. The third kappa shape index (κ3) is 2.90. The summed E-state index contributed by atoms with van der Waals surface area (Å²) in [6.07, 6.45) is 1.41. The van der Waals surface area contributed by atoms with Crippen LogP contribution < -0.4 is 10.9 Å². The monoisotopic (exact) mass is 212 g/mol. The fourth-order valence-corrected chi connectivity index (χ4v) is 1.01. The number of aliphatic hydroxyl groups is 2. The lowest BCUT2D eigenvalue weighted by atomic mass is 10.2. The summed E-state index contributed by atoms with van der Waals surface area (Å²) in [5, 5.41) is 19.8. The quantitative estimate of drug-likeness (QED) is 0.485. The summed E-state index contributed by atoms with van der Waals surface area (Å²) in [7, 11) is 0. The maximum absolute atomic E-state index is 11.4. The van der Waals surface area contributed by atoms with E-state index in [0.717, 1.165) is 0 Å². The van der Waals surface area contributed by atoms with Gasteiger partial charge in [-0.1, -0.05) is 0 Å². The second kappa shape index (κ2) is 5.28. The number of aromatic amines is 1. The van der Waals surface area contributed by atoms with Crippen molar-refractivity contribution in [3.8, 4) is 0 Å². The Kier molecular flexibility index (Phi) is 4.02. The molecule has 15 heavy (non-hydrogen) atoms. The van der Waals surface area contributed by atoms with Gasteiger partial charge in [-0.2, -0.15) is 0 Å². The van der Waals surface area contributed by atoms with Crippen molar-refractivity contribution < 1.29 is 15.0 Å². The Labute approximate surface area is 85.6 Å². The van der Waals surface area contributed by atoms with Gasteiger partial charge in [-0.3, -0.25) is 9.59 Å². The first kappa shape index (κ1) is 11.4. The number of nitrogens with one attached hydrogen (secondary N) is 2. The minimum Gasteiger partial charge on any atom is -0.394 e.